The monoisotopic (exact) mass is 351 g/mol. The van der Waals surface area contributed by atoms with E-state index in [2.05, 4.69) is 25.2 Å². The van der Waals surface area contributed by atoms with Crippen LogP contribution in [0, 0.1) is 0 Å². The molecule has 26 heavy (non-hydrogen) atoms. The molecule has 0 amide bonds. The smallest absolute Gasteiger partial charge is 0.344 e. The maximum absolute atomic E-state index is 12.8. The van der Waals surface area contributed by atoms with Gasteiger partial charge in [-0.3, -0.25) is 0 Å². The SMILES string of the molecule is COc1ccc2oc(=O)c3c4c(ccc3c2c1OC)NC(C)(C)C=C4C. The topological polar surface area (TPSA) is 60.7 Å². The second kappa shape index (κ2) is 5.53. The second-order valence-electron chi connectivity index (χ2n) is 7.15. The normalized spacial score (nSPS) is 15.3. The van der Waals surface area contributed by atoms with E-state index in [0.29, 0.717) is 22.5 Å². The standard InChI is InChI=1S/C21H21NO4/c1-11-10-21(2,3)22-13-7-6-12-17-14(26-20(23)18(12)16(11)13)8-9-15(24-4)19(17)25-5/h6-10,22H,1-5H3. The number of fused-ring (bicyclic) bond motifs is 5. The van der Waals surface area contributed by atoms with Crippen LogP contribution in [-0.4, -0.2) is 19.8 Å². The van der Waals surface area contributed by atoms with Gasteiger partial charge in [0.1, 0.15) is 5.58 Å². The van der Waals surface area contributed by atoms with Crippen LogP contribution in [0.2, 0.25) is 0 Å². The first-order chi connectivity index (χ1) is 12.4. The predicted octanol–water partition coefficient (Wildman–Crippen LogP) is 4.57. The summed E-state index contributed by atoms with van der Waals surface area (Å²) >= 11 is 0. The molecule has 0 saturated carbocycles. The van der Waals surface area contributed by atoms with Crippen LogP contribution in [0.25, 0.3) is 27.3 Å². The number of nitrogens with one attached hydrogen (secondary N) is 1. The second-order valence-corrected chi connectivity index (χ2v) is 7.15. The molecule has 0 bridgehead atoms. The summed E-state index contributed by atoms with van der Waals surface area (Å²) in [6.07, 6.45) is 2.13. The highest BCUT2D eigenvalue weighted by molar-refractivity contribution is 6.13. The van der Waals surface area contributed by atoms with Crippen molar-refractivity contribution in [2.75, 3.05) is 19.5 Å². The molecular formula is C21H21NO4. The number of benzene rings is 2. The Bertz CT molecular complexity index is 1140. The van der Waals surface area contributed by atoms with Gasteiger partial charge in [-0.25, -0.2) is 4.79 Å². The molecule has 1 aromatic heterocycles. The van der Waals surface area contributed by atoms with E-state index in [9.17, 15) is 4.79 Å². The molecule has 5 nitrogen and oxygen atoms in total. The minimum atomic E-state index is -0.356. The van der Waals surface area contributed by atoms with Gasteiger partial charge < -0.3 is 19.2 Å². The lowest BCUT2D eigenvalue weighted by Gasteiger charge is -2.32. The minimum Gasteiger partial charge on any atom is -0.493 e. The molecule has 0 fully saturated rings. The van der Waals surface area contributed by atoms with Crippen LogP contribution in [0.1, 0.15) is 26.3 Å². The van der Waals surface area contributed by atoms with Gasteiger partial charge >= 0.3 is 5.63 Å². The van der Waals surface area contributed by atoms with Crippen molar-refractivity contribution >= 4 is 33.0 Å². The molecule has 1 N–H and O–H groups in total. The van der Waals surface area contributed by atoms with E-state index >= 15 is 0 Å². The zero-order valence-corrected chi connectivity index (χ0v) is 15.5. The Morgan fingerprint density at radius 1 is 1.04 bits per heavy atom. The number of hydrogen-bond acceptors (Lipinski definition) is 5. The van der Waals surface area contributed by atoms with Gasteiger partial charge in [-0.1, -0.05) is 12.1 Å². The van der Waals surface area contributed by atoms with Crippen molar-refractivity contribution in [1.29, 1.82) is 0 Å². The van der Waals surface area contributed by atoms with Gasteiger partial charge in [-0.15, -0.1) is 0 Å². The van der Waals surface area contributed by atoms with Crippen molar-refractivity contribution in [3.63, 3.8) is 0 Å². The highest BCUT2D eigenvalue weighted by Crippen LogP contribution is 2.43. The van der Waals surface area contributed by atoms with Crippen molar-refractivity contribution in [3.8, 4) is 11.5 Å². The first-order valence-corrected chi connectivity index (χ1v) is 8.49. The number of hydrogen-bond donors (Lipinski definition) is 1. The molecule has 1 aliphatic rings. The fourth-order valence-electron chi connectivity index (χ4n) is 3.93. The summed E-state index contributed by atoms with van der Waals surface area (Å²) in [7, 11) is 3.17. The van der Waals surface area contributed by atoms with Gasteiger partial charge in [-0.2, -0.15) is 0 Å². The van der Waals surface area contributed by atoms with E-state index in [-0.39, 0.29) is 11.2 Å². The van der Waals surface area contributed by atoms with Crippen molar-refractivity contribution in [1.82, 2.24) is 0 Å². The van der Waals surface area contributed by atoms with Crippen LogP contribution in [0.5, 0.6) is 11.5 Å². The molecule has 2 heterocycles. The Balaban J connectivity index is 2.21. The number of ether oxygens (including phenoxy) is 2. The molecule has 0 spiro atoms. The van der Waals surface area contributed by atoms with Crippen molar-refractivity contribution in [2.24, 2.45) is 0 Å². The van der Waals surface area contributed by atoms with Gasteiger partial charge in [0.15, 0.2) is 11.5 Å². The van der Waals surface area contributed by atoms with Crippen LogP contribution in [-0.2, 0) is 0 Å². The summed E-state index contributed by atoms with van der Waals surface area (Å²) < 4.78 is 16.6. The van der Waals surface area contributed by atoms with Crippen molar-refractivity contribution in [3.05, 3.63) is 46.3 Å². The molecule has 0 radical (unpaired) electrons. The van der Waals surface area contributed by atoms with Crippen LogP contribution >= 0.6 is 0 Å². The largest absolute Gasteiger partial charge is 0.493 e. The maximum Gasteiger partial charge on any atom is 0.344 e. The first-order valence-electron chi connectivity index (χ1n) is 8.49. The Labute approximate surface area is 151 Å². The van der Waals surface area contributed by atoms with Crippen molar-refractivity contribution < 1.29 is 13.9 Å². The third-order valence-corrected chi connectivity index (χ3v) is 4.82. The Kier molecular flexibility index (Phi) is 3.51. The molecule has 5 heteroatoms. The number of rotatable bonds is 2. The molecule has 1 aliphatic heterocycles. The molecule has 4 rings (SSSR count). The molecule has 0 aliphatic carbocycles. The van der Waals surface area contributed by atoms with Crippen LogP contribution in [0.15, 0.2) is 39.6 Å². The summed E-state index contributed by atoms with van der Waals surface area (Å²) in [4.78, 5) is 12.8. The van der Waals surface area contributed by atoms with E-state index in [1.165, 1.54) is 0 Å². The van der Waals surface area contributed by atoms with Gasteiger partial charge in [-0.05, 0) is 44.5 Å². The first kappa shape index (κ1) is 16.5. The molecule has 134 valence electrons. The highest BCUT2D eigenvalue weighted by atomic mass is 16.5. The summed E-state index contributed by atoms with van der Waals surface area (Å²) in [5.41, 5.74) is 2.79. The average molecular weight is 351 g/mol. The number of allylic oxidation sites excluding steroid dienone is 1. The summed E-state index contributed by atoms with van der Waals surface area (Å²) in [6.45, 7) is 6.22. The average Bonchev–Trinajstić information content (AvgIpc) is 2.59. The summed E-state index contributed by atoms with van der Waals surface area (Å²) in [5, 5.41) is 5.56. The summed E-state index contributed by atoms with van der Waals surface area (Å²) in [6, 6.07) is 7.43. The number of methoxy groups -OCH3 is 2. The molecule has 3 aromatic rings. The third kappa shape index (κ3) is 2.27. The fraction of sp³-hybridized carbons (Fsp3) is 0.286. The highest BCUT2D eigenvalue weighted by Gasteiger charge is 2.26. The van der Waals surface area contributed by atoms with Crippen LogP contribution in [0.4, 0.5) is 5.69 Å². The van der Waals surface area contributed by atoms with E-state index < -0.39 is 0 Å². The molecule has 0 atom stereocenters. The molecular weight excluding hydrogens is 330 g/mol. The van der Waals surface area contributed by atoms with E-state index in [1.807, 2.05) is 19.1 Å². The van der Waals surface area contributed by atoms with Gasteiger partial charge in [0, 0.05) is 16.6 Å². The van der Waals surface area contributed by atoms with E-state index in [1.54, 1.807) is 26.4 Å². The lowest BCUT2D eigenvalue weighted by Crippen LogP contribution is -2.31. The molecule has 0 saturated heterocycles. The van der Waals surface area contributed by atoms with Gasteiger partial charge in [0.25, 0.3) is 0 Å². The Morgan fingerprint density at radius 3 is 2.50 bits per heavy atom. The van der Waals surface area contributed by atoms with Crippen LogP contribution < -0.4 is 20.4 Å². The van der Waals surface area contributed by atoms with Gasteiger partial charge in [0.2, 0.25) is 0 Å². The zero-order valence-electron chi connectivity index (χ0n) is 15.5. The Morgan fingerprint density at radius 2 is 1.81 bits per heavy atom. The quantitative estimate of drug-likeness (QED) is 0.541. The van der Waals surface area contributed by atoms with Crippen LogP contribution in [0.3, 0.4) is 0 Å². The zero-order chi connectivity index (χ0) is 18.6. The van der Waals surface area contributed by atoms with E-state index in [4.69, 9.17) is 13.9 Å². The predicted molar refractivity (Wildman–Crippen MR) is 104 cm³/mol. The van der Waals surface area contributed by atoms with Gasteiger partial charge in [0.05, 0.1) is 30.5 Å². The summed E-state index contributed by atoms with van der Waals surface area (Å²) in [5.74, 6) is 1.16. The van der Waals surface area contributed by atoms with E-state index in [0.717, 1.165) is 27.6 Å². The third-order valence-electron chi connectivity index (χ3n) is 4.82. The Hall–Kier alpha value is -2.95. The maximum atomic E-state index is 12.8. The minimum absolute atomic E-state index is 0.178. The lowest BCUT2D eigenvalue weighted by atomic mass is 9.88. The number of anilines is 1. The molecule has 0 unspecified atom stereocenters. The molecule has 2 aromatic carbocycles. The fourth-order valence-corrected chi connectivity index (χ4v) is 3.93. The van der Waals surface area contributed by atoms with Crippen molar-refractivity contribution in [2.45, 2.75) is 26.3 Å². The lowest BCUT2D eigenvalue weighted by molar-refractivity contribution is 0.358.